The lowest BCUT2D eigenvalue weighted by Crippen LogP contribution is -2.24. The van der Waals surface area contributed by atoms with E-state index >= 15 is 0 Å². The van der Waals surface area contributed by atoms with Crippen molar-refractivity contribution in [2.45, 2.75) is 33.5 Å². The number of hydrogen-bond donors (Lipinski definition) is 3. The second-order valence-electron chi connectivity index (χ2n) is 8.60. The Morgan fingerprint density at radius 3 is 2.51 bits per heavy atom. The minimum Gasteiger partial charge on any atom is -0.361 e. The fourth-order valence-electron chi connectivity index (χ4n) is 3.90. The van der Waals surface area contributed by atoms with E-state index in [1.54, 1.807) is 13.8 Å². The maximum Gasteiger partial charge on any atom is 0.433 e. The SMILES string of the molecule is CNCCNCc1cccc(-c2nc(Nc3ccnc(C(F)(F)F)c3)c(C)c(-c3c(C)noc3C)n2)c1. The van der Waals surface area contributed by atoms with Crippen LogP contribution >= 0.6 is 0 Å². The van der Waals surface area contributed by atoms with Gasteiger partial charge in [0.1, 0.15) is 17.3 Å². The predicted octanol–water partition coefficient (Wildman–Crippen LogP) is 5.19. The molecule has 4 aromatic rings. The third kappa shape index (κ3) is 6.12. The second kappa shape index (κ2) is 11.1. The summed E-state index contributed by atoms with van der Waals surface area (Å²) in [6, 6.07) is 10.2. The van der Waals surface area contributed by atoms with Gasteiger partial charge in [0, 0.05) is 42.6 Å². The van der Waals surface area contributed by atoms with E-state index in [-0.39, 0.29) is 5.69 Å². The van der Waals surface area contributed by atoms with Gasteiger partial charge in [0.15, 0.2) is 5.82 Å². The molecule has 0 aliphatic carbocycles. The third-order valence-electron chi connectivity index (χ3n) is 5.80. The number of hydrogen-bond acceptors (Lipinski definition) is 8. The van der Waals surface area contributed by atoms with E-state index in [4.69, 9.17) is 14.5 Å². The zero-order valence-electron chi connectivity index (χ0n) is 21.0. The molecule has 0 saturated heterocycles. The average Bonchev–Trinajstić information content (AvgIpc) is 3.20. The normalized spacial score (nSPS) is 11.6. The fourth-order valence-corrected chi connectivity index (χ4v) is 3.90. The van der Waals surface area contributed by atoms with Crippen molar-refractivity contribution in [2.24, 2.45) is 0 Å². The highest BCUT2D eigenvalue weighted by Gasteiger charge is 2.32. The molecule has 194 valence electrons. The van der Waals surface area contributed by atoms with Crippen LogP contribution in [0.1, 0.15) is 28.3 Å². The van der Waals surface area contributed by atoms with E-state index in [9.17, 15) is 13.2 Å². The summed E-state index contributed by atoms with van der Waals surface area (Å²) in [7, 11) is 1.90. The average molecular weight is 512 g/mol. The van der Waals surface area contributed by atoms with Gasteiger partial charge < -0.3 is 20.5 Å². The highest BCUT2D eigenvalue weighted by molar-refractivity contribution is 5.76. The van der Waals surface area contributed by atoms with Gasteiger partial charge in [0.25, 0.3) is 0 Å². The maximum absolute atomic E-state index is 13.2. The molecule has 3 heterocycles. The van der Waals surface area contributed by atoms with Crippen molar-refractivity contribution in [1.82, 2.24) is 30.7 Å². The molecule has 0 aliphatic heterocycles. The van der Waals surface area contributed by atoms with Gasteiger partial charge in [-0.2, -0.15) is 13.2 Å². The number of nitrogens with one attached hydrogen (secondary N) is 3. The fraction of sp³-hybridized carbons (Fsp3) is 0.308. The number of benzene rings is 1. The molecule has 11 heteroatoms. The van der Waals surface area contributed by atoms with Crippen molar-refractivity contribution in [3.8, 4) is 22.6 Å². The van der Waals surface area contributed by atoms with E-state index in [0.717, 1.165) is 42.0 Å². The lowest BCUT2D eigenvalue weighted by Gasteiger charge is -2.15. The van der Waals surface area contributed by atoms with Crippen molar-refractivity contribution in [3.63, 3.8) is 0 Å². The Balaban J connectivity index is 1.78. The molecular weight excluding hydrogens is 483 g/mol. The molecule has 3 N–H and O–H groups in total. The van der Waals surface area contributed by atoms with Gasteiger partial charge in [0.05, 0.1) is 17.0 Å². The van der Waals surface area contributed by atoms with Gasteiger partial charge in [0.2, 0.25) is 0 Å². The molecule has 0 spiro atoms. The van der Waals surface area contributed by atoms with E-state index < -0.39 is 11.9 Å². The lowest BCUT2D eigenvalue weighted by atomic mass is 10.0. The standard InChI is InChI=1S/C26H28F3N7O/c1-15-23(22-16(2)36-37-17(22)3)34-25(19-7-5-6-18(12-19)14-31-11-10-30-4)35-24(15)33-20-8-9-32-21(13-20)26(27,28)29/h5-9,12-13,30-31H,10-11,14H2,1-4H3,(H,32,33,34,35). The van der Waals surface area contributed by atoms with Crippen molar-refractivity contribution >= 4 is 11.5 Å². The van der Waals surface area contributed by atoms with Crippen LogP contribution in [-0.4, -0.2) is 40.2 Å². The first-order chi connectivity index (χ1) is 17.7. The summed E-state index contributed by atoms with van der Waals surface area (Å²) in [4.78, 5) is 13.0. The topological polar surface area (TPSA) is 101 Å². The maximum atomic E-state index is 13.2. The van der Waals surface area contributed by atoms with Crippen molar-refractivity contribution in [3.05, 3.63) is 70.9 Å². The smallest absolute Gasteiger partial charge is 0.361 e. The van der Waals surface area contributed by atoms with E-state index in [1.165, 1.54) is 6.07 Å². The first-order valence-corrected chi connectivity index (χ1v) is 11.7. The van der Waals surface area contributed by atoms with Crippen LogP contribution < -0.4 is 16.0 Å². The molecule has 37 heavy (non-hydrogen) atoms. The molecule has 0 aliphatic rings. The minimum absolute atomic E-state index is 0.210. The molecule has 0 amide bonds. The Labute approximate surface area is 212 Å². The second-order valence-corrected chi connectivity index (χ2v) is 8.60. The molecule has 0 fully saturated rings. The number of rotatable bonds is 9. The molecule has 0 radical (unpaired) electrons. The van der Waals surface area contributed by atoms with Crippen LogP contribution in [0.25, 0.3) is 22.6 Å². The molecule has 1 aromatic carbocycles. The van der Waals surface area contributed by atoms with E-state index in [1.807, 2.05) is 38.2 Å². The Hall–Kier alpha value is -3.83. The summed E-state index contributed by atoms with van der Waals surface area (Å²) in [6.45, 7) is 7.75. The van der Waals surface area contributed by atoms with Crippen LogP contribution in [0.3, 0.4) is 0 Å². The van der Waals surface area contributed by atoms with Crippen molar-refractivity contribution in [2.75, 3.05) is 25.5 Å². The first-order valence-electron chi connectivity index (χ1n) is 11.7. The Bertz CT molecular complexity index is 1370. The molecule has 0 saturated carbocycles. The zero-order chi connectivity index (χ0) is 26.6. The predicted molar refractivity (Wildman–Crippen MR) is 135 cm³/mol. The third-order valence-corrected chi connectivity index (χ3v) is 5.80. The highest BCUT2D eigenvalue weighted by atomic mass is 19.4. The molecule has 4 rings (SSSR count). The van der Waals surface area contributed by atoms with E-state index in [0.29, 0.717) is 40.9 Å². The van der Waals surface area contributed by atoms with Gasteiger partial charge in [-0.3, -0.25) is 4.98 Å². The Morgan fingerprint density at radius 1 is 1.00 bits per heavy atom. The first kappa shape index (κ1) is 26.2. The number of halogens is 3. The number of aromatic nitrogens is 4. The van der Waals surface area contributed by atoms with Gasteiger partial charge in [-0.25, -0.2) is 9.97 Å². The Kier molecular flexibility index (Phi) is 7.84. The summed E-state index contributed by atoms with van der Waals surface area (Å²) >= 11 is 0. The number of anilines is 2. The summed E-state index contributed by atoms with van der Waals surface area (Å²) < 4.78 is 45.1. The summed E-state index contributed by atoms with van der Waals surface area (Å²) in [5.41, 5.74) is 3.66. The quantitative estimate of drug-likeness (QED) is 0.264. The molecule has 0 bridgehead atoms. The largest absolute Gasteiger partial charge is 0.433 e. The molecule has 0 unspecified atom stereocenters. The van der Waals surface area contributed by atoms with Gasteiger partial charge in [-0.15, -0.1) is 0 Å². The number of pyridine rings is 1. The van der Waals surface area contributed by atoms with Gasteiger partial charge >= 0.3 is 6.18 Å². The summed E-state index contributed by atoms with van der Waals surface area (Å²) in [6.07, 6.45) is -3.45. The van der Waals surface area contributed by atoms with Crippen LogP contribution in [0.15, 0.2) is 47.1 Å². The Morgan fingerprint density at radius 2 is 1.81 bits per heavy atom. The molecule has 0 atom stereocenters. The molecule has 8 nitrogen and oxygen atoms in total. The highest BCUT2D eigenvalue weighted by Crippen LogP contribution is 2.35. The summed E-state index contributed by atoms with van der Waals surface area (Å²) in [5.74, 6) is 1.38. The van der Waals surface area contributed by atoms with Crippen LogP contribution in [0.5, 0.6) is 0 Å². The van der Waals surface area contributed by atoms with Crippen molar-refractivity contribution in [1.29, 1.82) is 0 Å². The number of likely N-dealkylation sites (N-methyl/N-ethyl adjacent to an activating group) is 1. The minimum atomic E-state index is -4.56. The lowest BCUT2D eigenvalue weighted by molar-refractivity contribution is -0.141. The number of alkyl halides is 3. The van der Waals surface area contributed by atoms with E-state index in [2.05, 4.69) is 26.1 Å². The van der Waals surface area contributed by atoms with Crippen LogP contribution in [0.4, 0.5) is 24.7 Å². The zero-order valence-corrected chi connectivity index (χ0v) is 21.0. The van der Waals surface area contributed by atoms with Gasteiger partial charge in [-0.05, 0) is 51.6 Å². The molecule has 3 aromatic heterocycles. The monoisotopic (exact) mass is 511 g/mol. The summed E-state index contributed by atoms with van der Waals surface area (Å²) in [5, 5.41) is 13.5. The van der Waals surface area contributed by atoms with Crippen molar-refractivity contribution < 1.29 is 17.7 Å². The van der Waals surface area contributed by atoms with Crippen LogP contribution in [-0.2, 0) is 12.7 Å². The van der Waals surface area contributed by atoms with Crippen LogP contribution in [0.2, 0.25) is 0 Å². The number of nitrogens with zero attached hydrogens (tertiary/aromatic N) is 4. The van der Waals surface area contributed by atoms with Crippen LogP contribution in [0, 0.1) is 20.8 Å². The number of aryl methyl sites for hydroxylation is 2. The molecular formula is C26H28F3N7O. The van der Waals surface area contributed by atoms with Gasteiger partial charge in [-0.1, -0.05) is 23.4 Å².